The van der Waals surface area contributed by atoms with E-state index in [4.69, 9.17) is 9.47 Å². The van der Waals surface area contributed by atoms with Crippen LogP contribution in [0.4, 0.5) is 0 Å². The number of amides is 1. The lowest BCUT2D eigenvalue weighted by Gasteiger charge is -2.23. The van der Waals surface area contributed by atoms with Crippen LogP contribution in [0.1, 0.15) is 82.3 Å². The van der Waals surface area contributed by atoms with Crippen LogP contribution in [0.3, 0.4) is 0 Å². The first-order chi connectivity index (χ1) is 24.5. The second-order valence-corrected chi connectivity index (χ2v) is 13.0. The topological polar surface area (TPSA) is 195 Å². The van der Waals surface area contributed by atoms with Crippen molar-refractivity contribution in [1.29, 1.82) is 0 Å². The van der Waals surface area contributed by atoms with Gasteiger partial charge in [0.25, 0.3) is 5.09 Å². The predicted molar refractivity (Wildman–Crippen MR) is 188 cm³/mol. The highest BCUT2D eigenvalue weighted by molar-refractivity contribution is 5.85. The Morgan fingerprint density at radius 2 is 1.63 bits per heavy atom. The first-order valence-electron chi connectivity index (χ1n) is 17.8. The van der Waals surface area contributed by atoms with Crippen molar-refractivity contribution in [3.8, 4) is 5.75 Å². The van der Waals surface area contributed by atoms with Crippen LogP contribution in [0.15, 0.2) is 66.7 Å². The maximum Gasteiger partial charge on any atom is 0.333 e. The van der Waals surface area contributed by atoms with Crippen LogP contribution < -0.4 is 10.1 Å². The molecule has 2 aromatic carbocycles. The number of nitrogens with one attached hydrogen (secondary N) is 1. The lowest BCUT2D eigenvalue weighted by atomic mass is 9.85. The molecule has 1 saturated carbocycles. The van der Waals surface area contributed by atoms with Crippen molar-refractivity contribution >= 4 is 17.8 Å². The van der Waals surface area contributed by atoms with E-state index >= 15 is 0 Å². The summed E-state index contributed by atoms with van der Waals surface area (Å²) in [5.74, 6) is -1.22. The van der Waals surface area contributed by atoms with E-state index in [9.17, 15) is 39.8 Å². The van der Waals surface area contributed by atoms with Crippen molar-refractivity contribution in [3.63, 3.8) is 0 Å². The molecule has 13 heteroatoms. The number of hydrogen-bond donors (Lipinski definition) is 4. The first kappa shape index (κ1) is 41.1. The summed E-state index contributed by atoms with van der Waals surface area (Å²) in [6.45, 7) is 1.50. The van der Waals surface area contributed by atoms with Gasteiger partial charge < -0.3 is 34.9 Å². The molecular formula is C38H52N2O11. The molecule has 280 valence electrons. The number of carbonyl (C=O) groups is 3. The van der Waals surface area contributed by atoms with Crippen LogP contribution in [0.2, 0.25) is 0 Å². The van der Waals surface area contributed by atoms with Crippen LogP contribution in [-0.4, -0.2) is 75.8 Å². The standard InChI is InChI=1S/C38H52N2O11/c1-27(38(46)51-31-20-16-29(17-21-31)23-25-49-37(45)14-9-24-50-40(47)48)39-36(44)13-8-3-2-7-12-32-33(35(43)26-34(32)42)22-19-30(41)18-15-28-10-5-4-6-11-28/h2,4-7,10-11,16-17,20-21,27,30,32-35,41-43H,3,8-9,12-15,18-19,22-26H2,1H3,(H,39,44)/t27?,30-,32+,33+,34-,35+/m0/s1. The molecule has 0 radical (unpaired) electrons. The molecule has 1 aliphatic rings. The predicted octanol–water partition coefficient (Wildman–Crippen LogP) is 4.42. The zero-order valence-corrected chi connectivity index (χ0v) is 29.3. The average molecular weight is 713 g/mol. The minimum Gasteiger partial charge on any atom is -0.465 e. The molecule has 51 heavy (non-hydrogen) atoms. The number of aliphatic hydroxyl groups is 3. The number of carbonyl (C=O) groups excluding carboxylic acids is 3. The van der Waals surface area contributed by atoms with Gasteiger partial charge in [0.15, 0.2) is 0 Å². The third kappa shape index (κ3) is 16.0. The van der Waals surface area contributed by atoms with Crippen LogP contribution in [0.5, 0.6) is 5.75 Å². The van der Waals surface area contributed by atoms with Crippen molar-refractivity contribution in [2.75, 3.05) is 13.2 Å². The Morgan fingerprint density at radius 3 is 2.35 bits per heavy atom. The Morgan fingerprint density at radius 1 is 0.922 bits per heavy atom. The van der Waals surface area contributed by atoms with Crippen LogP contribution >= 0.6 is 0 Å². The fraction of sp³-hybridized carbons (Fsp3) is 0.553. The molecule has 0 aliphatic heterocycles. The lowest BCUT2D eigenvalue weighted by Crippen LogP contribution is -2.40. The van der Waals surface area contributed by atoms with Gasteiger partial charge in [-0.2, -0.15) is 0 Å². The van der Waals surface area contributed by atoms with Gasteiger partial charge in [0.2, 0.25) is 5.91 Å². The van der Waals surface area contributed by atoms with Crippen molar-refractivity contribution < 1.29 is 49.1 Å². The average Bonchev–Trinajstić information content (AvgIpc) is 3.38. The van der Waals surface area contributed by atoms with Gasteiger partial charge in [-0.3, -0.25) is 9.59 Å². The fourth-order valence-electron chi connectivity index (χ4n) is 6.18. The molecule has 3 rings (SSSR count). The molecular weight excluding hydrogens is 660 g/mol. The molecule has 2 aromatic rings. The molecule has 1 aliphatic carbocycles. The monoisotopic (exact) mass is 712 g/mol. The van der Waals surface area contributed by atoms with E-state index in [1.165, 1.54) is 5.56 Å². The van der Waals surface area contributed by atoms with Crippen LogP contribution in [0.25, 0.3) is 0 Å². The Balaban J connectivity index is 1.28. The van der Waals surface area contributed by atoms with Crippen molar-refractivity contribution in [3.05, 3.63) is 88.0 Å². The van der Waals surface area contributed by atoms with Gasteiger partial charge in [-0.05, 0) is 99.8 Å². The van der Waals surface area contributed by atoms with E-state index in [2.05, 4.69) is 10.2 Å². The van der Waals surface area contributed by atoms with Gasteiger partial charge in [0.05, 0.1) is 31.5 Å². The summed E-state index contributed by atoms with van der Waals surface area (Å²) in [6, 6.07) is 15.8. The van der Waals surface area contributed by atoms with E-state index in [1.54, 1.807) is 31.2 Å². The van der Waals surface area contributed by atoms with Gasteiger partial charge in [-0.15, -0.1) is 10.1 Å². The summed E-state index contributed by atoms with van der Waals surface area (Å²) in [6.07, 6.45) is 8.00. The van der Waals surface area contributed by atoms with Crippen molar-refractivity contribution in [1.82, 2.24) is 5.32 Å². The maximum atomic E-state index is 12.5. The van der Waals surface area contributed by atoms with E-state index in [0.717, 1.165) is 12.0 Å². The Kier molecular flexibility index (Phi) is 18.1. The number of allylic oxidation sites excluding steroid dienone is 2. The highest BCUT2D eigenvalue weighted by Crippen LogP contribution is 2.38. The number of unbranched alkanes of at least 4 members (excludes halogenated alkanes) is 1. The highest BCUT2D eigenvalue weighted by atomic mass is 16.9. The molecule has 0 saturated heterocycles. The van der Waals surface area contributed by atoms with Gasteiger partial charge in [0, 0.05) is 19.3 Å². The molecule has 1 amide bonds. The summed E-state index contributed by atoms with van der Waals surface area (Å²) >= 11 is 0. The normalized spacial score (nSPS) is 19.7. The van der Waals surface area contributed by atoms with Crippen molar-refractivity contribution in [2.45, 2.75) is 108 Å². The van der Waals surface area contributed by atoms with Gasteiger partial charge in [-0.1, -0.05) is 54.6 Å². The third-order valence-electron chi connectivity index (χ3n) is 9.06. The lowest BCUT2D eigenvalue weighted by molar-refractivity contribution is -0.757. The SMILES string of the molecule is CC(NC(=O)CCCC=CC[C@@H]1[C@@H](CC[C@@H](O)CCc2ccccc2)[C@H](O)C[C@@H]1O)C(=O)Oc1ccc(CCOC(=O)CCCO[N+](=O)[O-])cc1. The molecule has 0 heterocycles. The largest absolute Gasteiger partial charge is 0.465 e. The molecule has 1 fully saturated rings. The summed E-state index contributed by atoms with van der Waals surface area (Å²) < 4.78 is 10.5. The van der Waals surface area contributed by atoms with E-state index < -0.39 is 41.4 Å². The minimum absolute atomic E-state index is 0.0119. The summed E-state index contributed by atoms with van der Waals surface area (Å²) in [5, 5.41) is 43.5. The second-order valence-electron chi connectivity index (χ2n) is 13.0. The smallest absolute Gasteiger partial charge is 0.333 e. The van der Waals surface area contributed by atoms with E-state index in [-0.39, 0.29) is 50.2 Å². The van der Waals surface area contributed by atoms with Gasteiger partial charge >= 0.3 is 11.9 Å². The molecule has 1 unspecified atom stereocenters. The molecule has 13 nitrogen and oxygen atoms in total. The van der Waals surface area contributed by atoms with E-state index in [1.807, 2.05) is 42.5 Å². The fourth-order valence-corrected chi connectivity index (χ4v) is 6.18. The number of hydrogen-bond acceptors (Lipinski definition) is 11. The van der Waals surface area contributed by atoms with Gasteiger partial charge in [-0.25, -0.2) is 4.79 Å². The molecule has 0 aromatic heterocycles. The quantitative estimate of drug-likeness (QED) is 0.0318. The Bertz CT molecular complexity index is 1390. The minimum atomic E-state index is -0.912. The molecule has 0 bridgehead atoms. The number of ether oxygens (including phenoxy) is 2. The second kappa shape index (κ2) is 22.5. The maximum absolute atomic E-state index is 12.5. The van der Waals surface area contributed by atoms with Gasteiger partial charge in [0.1, 0.15) is 11.8 Å². The number of benzene rings is 2. The van der Waals surface area contributed by atoms with Crippen LogP contribution in [-0.2, 0) is 36.8 Å². The first-order valence-corrected chi connectivity index (χ1v) is 17.8. The number of aliphatic hydroxyl groups excluding tert-OH is 3. The summed E-state index contributed by atoms with van der Waals surface area (Å²) in [5.41, 5.74) is 2.03. The van der Waals surface area contributed by atoms with E-state index in [0.29, 0.717) is 57.1 Å². The summed E-state index contributed by atoms with van der Waals surface area (Å²) in [4.78, 5) is 50.9. The zero-order valence-electron chi connectivity index (χ0n) is 29.3. The van der Waals surface area contributed by atoms with Crippen molar-refractivity contribution in [2.24, 2.45) is 11.8 Å². The summed E-state index contributed by atoms with van der Waals surface area (Å²) in [7, 11) is 0. The molecule has 0 spiro atoms. The third-order valence-corrected chi connectivity index (χ3v) is 9.06. The number of rotatable bonds is 23. The Hall–Kier alpha value is -4.33. The number of aryl methyl sites for hydroxylation is 1. The highest BCUT2D eigenvalue weighted by Gasteiger charge is 2.40. The molecule has 4 N–H and O–H groups in total. The number of nitrogens with zero attached hydrogens (tertiary/aromatic N) is 1. The molecule has 6 atom stereocenters. The zero-order chi connectivity index (χ0) is 37.0. The Labute approximate surface area is 299 Å². The number of esters is 2. The van der Waals surface area contributed by atoms with Crippen LogP contribution in [0, 0.1) is 22.0 Å².